The Kier molecular flexibility index (Phi) is 6.29. The maximum atomic E-state index is 13.3. The number of rotatable bonds is 4. The van der Waals surface area contributed by atoms with E-state index in [0.717, 1.165) is 43.2 Å². The first-order valence-corrected chi connectivity index (χ1v) is 11.9. The number of pyridine rings is 1. The highest BCUT2D eigenvalue weighted by atomic mass is 35.5. The van der Waals surface area contributed by atoms with Gasteiger partial charge in [0.1, 0.15) is 5.82 Å². The van der Waals surface area contributed by atoms with Gasteiger partial charge < -0.3 is 20.0 Å². The number of halogens is 2. The van der Waals surface area contributed by atoms with Crippen molar-refractivity contribution in [2.24, 2.45) is 0 Å². The van der Waals surface area contributed by atoms with Crippen LogP contribution in [0.2, 0.25) is 10.0 Å². The Morgan fingerprint density at radius 2 is 1.76 bits per heavy atom. The van der Waals surface area contributed by atoms with Crippen LogP contribution < -0.4 is 15.1 Å². The van der Waals surface area contributed by atoms with E-state index in [1.54, 1.807) is 12.3 Å². The summed E-state index contributed by atoms with van der Waals surface area (Å²) in [5.41, 5.74) is 3.66. The number of fused-ring (bicyclic) bond motifs is 1. The minimum Gasteiger partial charge on any atom is -0.368 e. The van der Waals surface area contributed by atoms with Crippen molar-refractivity contribution in [3.8, 4) is 0 Å². The fraction of sp³-hybridized carbons (Fsp3) is 0.280. The molecule has 1 saturated heterocycles. The maximum Gasteiger partial charge on any atom is 0.255 e. The van der Waals surface area contributed by atoms with E-state index in [-0.39, 0.29) is 5.91 Å². The number of anilines is 3. The minimum atomic E-state index is 0.0179. The van der Waals surface area contributed by atoms with Gasteiger partial charge in [0.2, 0.25) is 0 Å². The van der Waals surface area contributed by atoms with Gasteiger partial charge in [-0.2, -0.15) is 0 Å². The fourth-order valence-electron chi connectivity index (χ4n) is 4.40. The summed E-state index contributed by atoms with van der Waals surface area (Å²) in [6.07, 6.45) is 1.67. The van der Waals surface area contributed by atoms with Gasteiger partial charge in [0.15, 0.2) is 0 Å². The van der Waals surface area contributed by atoms with Crippen molar-refractivity contribution in [2.45, 2.75) is 6.54 Å². The first-order chi connectivity index (χ1) is 16.1. The van der Waals surface area contributed by atoms with Gasteiger partial charge in [-0.3, -0.25) is 4.79 Å². The van der Waals surface area contributed by atoms with Crippen LogP contribution in [0.4, 0.5) is 17.2 Å². The summed E-state index contributed by atoms with van der Waals surface area (Å²) in [6, 6.07) is 17.8. The Hall–Kier alpha value is -2.96. The molecule has 3 aromatic rings. The number of carbonyl (C=O) groups is 1. The topological polar surface area (TPSA) is 51.7 Å². The average molecular weight is 482 g/mol. The summed E-state index contributed by atoms with van der Waals surface area (Å²) in [6.45, 7) is 5.15. The van der Waals surface area contributed by atoms with E-state index in [0.29, 0.717) is 35.2 Å². The SMILES string of the molecule is O=C(c1cnc2c(c1)N(Cc1cc(Cl)ccc1Cl)CCN2)N1CCN(c2ccccc2)CC1. The van der Waals surface area contributed by atoms with E-state index in [9.17, 15) is 4.79 Å². The van der Waals surface area contributed by atoms with Gasteiger partial charge >= 0.3 is 0 Å². The molecule has 0 unspecified atom stereocenters. The molecule has 2 aliphatic heterocycles. The molecule has 0 saturated carbocycles. The summed E-state index contributed by atoms with van der Waals surface area (Å²) >= 11 is 12.6. The second kappa shape index (κ2) is 9.49. The predicted molar refractivity (Wildman–Crippen MR) is 135 cm³/mol. The number of hydrogen-bond acceptors (Lipinski definition) is 5. The highest BCUT2D eigenvalue weighted by Crippen LogP contribution is 2.31. The van der Waals surface area contributed by atoms with Crippen molar-refractivity contribution in [1.29, 1.82) is 0 Å². The molecule has 3 heterocycles. The lowest BCUT2D eigenvalue weighted by Gasteiger charge is -2.36. The molecule has 8 heteroatoms. The molecule has 0 bridgehead atoms. The van der Waals surface area contributed by atoms with E-state index in [1.807, 2.05) is 41.3 Å². The van der Waals surface area contributed by atoms with Crippen LogP contribution in [0.3, 0.4) is 0 Å². The van der Waals surface area contributed by atoms with Gasteiger partial charge in [-0.05, 0) is 42.0 Å². The number of benzene rings is 2. The van der Waals surface area contributed by atoms with Crippen molar-refractivity contribution >= 4 is 46.3 Å². The number of aromatic nitrogens is 1. The molecule has 5 rings (SSSR count). The van der Waals surface area contributed by atoms with Crippen molar-refractivity contribution in [3.05, 3.63) is 82.0 Å². The normalized spacial score (nSPS) is 15.8. The van der Waals surface area contributed by atoms with Gasteiger partial charge in [-0.15, -0.1) is 0 Å². The summed E-state index contributed by atoms with van der Waals surface area (Å²) in [4.78, 5) is 24.3. The molecule has 33 heavy (non-hydrogen) atoms. The molecule has 0 radical (unpaired) electrons. The van der Waals surface area contributed by atoms with Crippen LogP contribution in [0.1, 0.15) is 15.9 Å². The largest absolute Gasteiger partial charge is 0.368 e. The lowest BCUT2D eigenvalue weighted by Crippen LogP contribution is -2.48. The molecule has 0 aliphatic carbocycles. The van der Waals surface area contributed by atoms with E-state index in [4.69, 9.17) is 23.2 Å². The van der Waals surface area contributed by atoms with Gasteiger partial charge in [0.05, 0.1) is 11.3 Å². The number of para-hydroxylation sites is 1. The van der Waals surface area contributed by atoms with Gasteiger partial charge in [-0.1, -0.05) is 41.4 Å². The molecule has 2 aromatic carbocycles. The average Bonchev–Trinajstić information content (AvgIpc) is 2.86. The summed E-state index contributed by atoms with van der Waals surface area (Å²) in [7, 11) is 0. The smallest absolute Gasteiger partial charge is 0.255 e. The number of nitrogens with one attached hydrogen (secondary N) is 1. The Balaban J connectivity index is 1.32. The second-order valence-corrected chi connectivity index (χ2v) is 9.13. The minimum absolute atomic E-state index is 0.0179. The predicted octanol–water partition coefficient (Wildman–Crippen LogP) is 4.78. The first-order valence-electron chi connectivity index (χ1n) is 11.1. The zero-order valence-corrected chi connectivity index (χ0v) is 19.7. The quantitative estimate of drug-likeness (QED) is 0.580. The number of carbonyl (C=O) groups excluding carboxylic acids is 1. The van der Waals surface area contributed by atoms with Gasteiger partial charge in [0.25, 0.3) is 5.91 Å². The Labute approximate surface area is 203 Å². The van der Waals surface area contributed by atoms with E-state index >= 15 is 0 Å². The Bertz CT molecular complexity index is 1150. The standard InChI is InChI=1S/C25H25Cl2N5O/c26-20-6-7-22(27)19(14-20)17-32-9-8-28-24-23(32)15-18(16-29-24)25(33)31-12-10-30(11-13-31)21-4-2-1-3-5-21/h1-7,14-16H,8-13,17H2,(H,28,29). The Morgan fingerprint density at radius 3 is 2.55 bits per heavy atom. The highest BCUT2D eigenvalue weighted by molar-refractivity contribution is 6.33. The molecular formula is C25H25Cl2N5O. The maximum absolute atomic E-state index is 13.3. The molecule has 170 valence electrons. The molecule has 2 aliphatic rings. The second-order valence-electron chi connectivity index (χ2n) is 8.29. The van der Waals surface area contributed by atoms with Crippen LogP contribution in [0.15, 0.2) is 60.8 Å². The lowest BCUT2D eigenvalue weighted by molar-refractivity contribution is 0.0746. The van der Waals surface area contributed by atoms with Crippen LogP contribution in [-0.4, -0.2) is 55.1 Å². The molecule has 1 fully saturated rings. The van der Waals surface area contributed by atoms with Gasteiger partial charge in [0, 0.05) is 67.7 Å². The van der Waals surface area contributed by atoms with Crippen molar-refractivity contribution < 1.29 is 4.79 Å². The molecule has 1 amide bonds. The van der Waals surface area contributed by atoms with Crippen LogP contribution in [-0.2, 0) is 6.54 Å². The number of amides is 1. The molecule has 0 atom stereocenters. The summed E-state index contributed by atoms with van der Waals surface area (Å²) in [5, 5.41) is 4.66. The molecular weight excluding hydrogens is 457 g/mol. The third-order valence-electron chi connectivity index (χ3n) is 6.19. The van der Waals surface area contributed by atoms with Crippen LogP contribution in [0.5, 0.6) is 0 Å². The van der Waals surface area contributed by atoms with E-state index in [1.165, 1.54) is 5.69 Å². The molecule has 6 nitrogen and oxygen atoms in total. The number of nitrogens with zero attached hydrogens (tertiary/aromatic N) is 4. The van der Waals surface area contributed by atoms with E-state index in [2.05, 4.69) is 32.2 Å². The number of hydrogen-bond donors (Lipinski definition) is 1. The van der Waals surface area contributed by atoms with Gasteiger partial charge in [-0.25, -0.2) is 4.98 Å². The third-order valence-corrected chi connectivity index (χ3v) is 6.79. The first kappa shape index (κ1) is 21.9. The zero-order valence-electron chi connectivity index (χ0n) is 18.2. The number of piperazine rings is 1. The summed E-state index contributed by atoms with van der Waals surface area (Å²) in [5.74, 6) is 0.800. The Morgan fingerprint density at radius 1 is 0.970 bits per heavy atom. The fourth-order valence-corrected chi connectivity index (χ4v) is 4.77. The van der Waals surface area contributed by atoms with E-state index < -0.39 is 0 Å². The molecule has 1 N–H and O–H groups in total. The highest BCUT2D eigenvalue weighted by Gasteiger charge is 2.25. The van der Waals surface area contributed by atoms with Crippen molar-refractivity contribution in [1.82, 2.24) is 9.88 Å². The molecule has 1 aromatic heterocycles. The van der Waals surface area contributed by atoms with Crippen LogP contribution in [0.25, 0.3) is 0 Å². The van der Waals surface area contributed by atoms with Crippen LogP contribution in [0, 0.1) is 0 Å². The third kappa shape index (κ3) is 4.72. The van der Waals surface area contributed by atoms with Crippen molar-refractivity contribution in [3.63, 3.8) is 0 Å². The monoisotopic (exact) mass is 481 g/mol. The zero-order chi connectivity index (χ0) is 22.8. The molecule has 0 spiro atoms. The van der Waals surface area contributed by atoms with Crippen molar-refractivity contribution in [2.75, 3.05) is 54.4 Å². The van der Waals surface area contributed by atoms with Crippen LogP contribution >= 0.6 is 23.2 Å². The summed E-state index contributed by atoms with van der Waals surface area (Å²) < 4.78 is 0. The lowest BCUT2D eigenvalue weighted by atomic mass is 10.1.